The molecule has 52 valence electrons. The van der Waals surface area contributed by atoms with Crippen LogP contribution < -0.4 is 0 Å². The zero-order chi connectivity index (χ0) is 6.65. The van der Waals surface area contributed by atoms with E-state index in [9.17, 15) is 5.11 Å². The molecule has 0 aromatic carbocycles. The van der Waals surface area contributed by atoms with Crippen molar-refractivity contribution in [3.05, 3.63) is 0 Å². The van der Waals surface area contributed by atoms with E-state index in [4.69, 9.17) is 4.74 Å². The van der Waals surface area contributed by atoms with E-state index in [1.807, 2.05) is 0 Å². The van der Waals surface area contributed by atoms with Crippen LogP contribution in [0.1, 0.15) is 20.3 Å². The molecule has 0 aromatic rings. The molecule has 0 bridgehead atoms. The molecule has 2 heteroatoms. The van der Waals surface area contributed by atoms with E-state index in [0.717, 1.165) is 6.42 Å². The van der Waals surface area contributed by atoms with Crippen LogP contribution >= 0.6 is 0 Å². The van der Waals surface area contributed by atoms with Crippen LogP contribution in [-0.2, 0) is 4.74 Å². The second-order valence-electron chi connectivity index (χ2n) is 3.78. The van der Waals surface area contributed by atoms with Crippen LogP contribution in [0.15, 0.2) is 0 Å². The van der Waals surface area contributed by atoms with Crippen molar-refractivity contribution in [2.75, 3.05) is 0 Å². The van der Waals surface area contributed by atoms with Crippen molar-refractivity contribution in [3.63, 3.8) is 0 Å². The highest BCUT2D eigenvalue weighted by molar-refractivity contribution is 5.07. The Morgan fingerprint density at radius 3 is 2.33 bits per heavy atom. The largest absolute Gasteiger partial charge is 0.390 e. The van der Waals surface area contributed by atoms with E-state index in [0.29, 0.717) is 6.10 Å². The van der Waals surface area contributed by atoms with Crippen molar-refractivity contribution in [2.45, 2.75) is 38.6 Å². The molecule has 2 nitrogen and oxygen atoms in total. The standard InChI is InChI=1S/C7H12O2/c1-7(2)3-4(8)5-6(7)9-5/h4-6,8H,3H2,1-2H3. The molecular formula is C7H12O2. The first kappa shape index (κ1) is 5.69. The number of aliphatic hydroxyl groups excluding tert-OH is 1. The van der Waals surface area contributed by atoms with Gasteiger partial charge in [-0.3, -0.25) is 0 Å². The third kappa shape index (κ3) is 0.634. The van der Waals surface area contributed by atoms with Gasteiger partial charge in [0.05, 0.1) is 12.2 Å². The molecule has 9 heavy (non-hydrogen) atoms. The van der Waals surface area contributed by atoms with Crippen molar-refractivity contribution in [2.24, 2.45) is 5.41 Å². The van der Waals surface area contributed by atoms with Crippen LogP contribution in [0, 0.1) is 5.41 Å². The van der Waals surface area contributed by atoms with Gasteiger partial charge < -0.3 is 9.84 Å². The van der Waals surface area contributed by atoms with Gasteiger partial charge in [-0.2, -0.15) is 0 Å². The smallest absolute Gasteiger partial charge is 0.111 e. The third-order valence-electron chi connectivity index (χ3n) is 2.41. The molecule has 2 aliphatic rings. The SMILES string of the molecule is CC1(C)CC(O)C2OC21. The molecule has 1 saturated carbocycles. The number of hydrogen-bond acceptors (Lipinski definition) is 2. The lowest BCUT2D eigenvalue weighted by atomic mass is 9.91. The minimum Gasteiger partial charge on any atom is -0.390 e. The fraction of sp³-hybridized carbons (Fsp3) is 1.00. The lowest BCUT2D eigenvalue weighted by Gasteiger charge is -2.18. The van der Waals surface area contributed by atoms with Gasteiger partial charge in [-0.25, -0.2) is 0 Å². The van der Waals surface area contributed by atoms with Crippen molar-refractivity contribution in [1.82, 2.24) is 0 Å². The lowest BCUT2D eigenvalue weighted by Crippen LogP contribution is -2.17. The Morgan fingerprint density at radius 1 is 1.56 bits per heavy atom. The monoisotopic (exact) mass is 128 g/mol. The Morgan fingerprint density at radius 2 is 2.22 bits per heavy atom. The van der Waals surface area contributed by atoms with Gasteiger partial charge in [-0.15, -0.1) is 0 Å². The summed E-state index contributed by atoms with van der Waals surface area (Å²) in [4.78, 5) is 0. The first-order chi connectivity index (χ1) is 4.11. The Balaban J connectivity index is 2.17. The summed E-state index contributed by atoms with van der Waals surface area (Å²) < 4.78 is 5.23. The predicted molar refractivity (Wildman–Crippen MR) is 33.1 cm³/mol. The lowest BCUT2D eigenvalue weighted by molar-refractivity contribution is 0.0740. The number of epoxide rings is 1. The van der Waals surface area contributed by atoms with E-state index in [2.05, 4.69) is 13.8 Å². The Labute approximate surface area is 54.8 Å². The maximum Gasteiger partial charge on any atom is 0.111 e. The van der Waals surface area contributed by atoms with Crippen LogP contribution in [-0.4, -0.2) is 23.4 Å². The summed E-state index contributed by atoms with van der Waals surface area (Å²) in [5.41, 5.74) is 0.226. The molecule has 2 rings (SSSR count). The fourth-order valence-electron chi connectivity index (χ4n) is 1.82. The van der Waals surface area contributed by atoms with Crippen molar-refractivity contribution >= 4 is 0 Å². The third-order valence-corrected chi connectivity index (χ3v) is 2.41. The topological polar surface area (TPSA) is 32.8 Å². The second-order valence-corrected chi connectivity index (χ2v) is 3.78. The van der Waals surface area contributed by atoms with E-state index in [1.165, 1.54) is 0 Å². The van der Waals surface area contributed by atoms with Gasteiger partial charge in [0.25, 0.3) is 0 Å². The molecule has 3 atom stereocenters. The van der Waals surface area contributed by atoms with Crippen molar-refractivity contribution in [3.8, 4) is 0 Å². The zero-order valence-electron chi connectivity index (χ0n) is 5.79. The zero-order valence-corrected chi connectivity index (χ0v) is 5.79. The molecule has 1 N–H and O–H groups in total. The average Bonchev–Trinajstić information content (AvgIpc) is 2.33. The Bertz CT molecular complexity index is 142. The van der Waals surface area contributed by atoms with Crippen LogP contribution in [0.2, 0.25) is 0 Å². The fourth-order valence-corrected chi connectivity index (χ4v) is 1.82. The highest BCUT2D eigenvalue weighted by Crippen LogP contribution is 2.50. The van der Waals surface area contributed by atoms with E-state index in [1.54, 1.807) is 0 Å². The minimum atomic E-state index is -0.190. The number of rotatable bonds is 0. The first-order valence-electron chi connectivity index (χ1n) is 3.45. The van der Waals surface area contributed by atoms with Crippen molar-refractivity contribution < 1.29 is 9.84 Å². The number of hydrogen-bond donors (Lipinski definition) is 1. The van der Waals surface area contributed by atoms with Crippen LogP contribution in [0.4, 0.5) is 0 Å². The molecular weight excluding hydrogens is 116 g/mol. The van der Waals surface area contributed by atoms with Gasteiger partial charge in [0.2, 0.25) is 0 Å². The number of aliphatic hydroxyl groups is 1. The predicted octanol–water partition coefficient (Wildman–Crippen LogP) is 0.545. The van der Waals surface area contributed by atoms with E-state index >= 15 is 0 Å². The molecule has 0 spiro atoms. The van der Waals surface area contributed by atoms with Gasteiger partial charge in [0.1, 0.15) is 6.10 Å². The maximum absolute atomic E-state index is 9.25. The van der Waals surface area contributed by atoms with Gasteiger partial charge in [-0.1, -0.05) is 13.8 Å². The van der Waals surface area contributed by atoms with Gasteiger partial charge in [-0.05, 0) is 11.8 Å². The summed E-state index contributed by atoms with van der Waals surface area (Å²) >= 11 is 0. The number of fused-ring (bicyclic) bond motifs is 1. The van der Waals surface area contributed by atoms with Crippen LogP contribution in [0.25, 0.3) is 0 Å². The van der Waals surface area contributed by atoms with Crippen molar-refractivity contribution in [1.29, 1.82) is 0 Å². The number of ether oxygens (including phenoxy) is 1. The summed E-state index contributed by atoms with van der Waals surface area (Å²) in [6.45, 7) is 4.29. The Kier molecular flexibility index (Phi) is 0.837. The molecule has 1 saturated heterocycles. The minimum absolute atomic E-state index is 0.181. The van der Waals surface area contributed by atoms with Crippen LogP contribution in [0.3, 0.4) is 0 Å². The van der Waals surface area contributed by atoms with Crippen LogP contribution in [0.5, 0.6) is 0 Å². The molecule has 0 amide bonds. The summed E-state index contributed by atoms with van der Waals surface area (Å²) in [6.07, 6.45) is 1.25. The maximum atomic E-state index is 9.25. The first-order valence-corrected chi connectivity index (χ1v) is 3.45. The molecule has 3 unspecified atom stereocenters. The highest BCUT2D eigenvalue weighted by atomic mass is 16.6. The van der Waals surface area contributed by atoms with E-state index < -0.39 is 0 Å². The summed E-state index contributed by atoms with van der Waals surface area (Å²) in [5.74, 6) is 0. The summed E-state index contributed by atoms with van der Waals surface area (Å²) in [6, 6.07) is 0. The Hall–Kier alpha value is -0.0800. The molecule has 2 fully saturated rings. The summed E-state index contributed by atoms with van der Waals surface area (Å²) in [7, 11) is 0. The van der Waals surface area contributed by atoms with Gasteiger partial charge in [0, 0.05) is 0 Å². The molecule has 0 radical (unpaired) electrons. The average molecular weight is 128 g/mol. The van der Waals surface area contributed by atoms with Gasteiger partial charge in [0.15, 0.2) is 0 Å². The van der Waals surface area contributed by atoms with Gasteiger partial charge >= 0.3 is 0 Å². The highest BCUT2D eigenvalue weighted by Gasteiger charge is 2.60. The molecule has 1 aliphatic carbocycles. The summed E-state index contributed by atoms with van der Waals surface area (Å²) in [5, 5.41) is 9.25. The quantitative estimate of drug-likeness (QED) is 0.483. The molecule has 0 aromatic heterocycles. The normalized spacial score (nSPS) is 53.0. The second kappa shape index (κ2) is 1.32. The molecule has 1 heterocycles. The molecule has 1 aliphatic heterocycles. The van der Waals surface area contributed by atoms with E-state index in [-0.39, 0.29) is 17.6 Å².